The standard InChI is InChI=1S/C14H21NO/c1-2-13(16)10-15-9-12-5-3-4-6-14(12)11-7-8-11/h3-6,11,13,15-16H,2,7-10H2,1H3. The zero-order valence-corrected chi connectivity index (χ0v) is 9.95. The van der Waals surface area contributed by atoms with E-state index in [1.807, 2.05) is 6.92 Å². The largest absolute Gasteiger partial charge is 0.392 e. The van der Waals surface area contributed by atoms with E-state index in [-0.39, 0.29) is 6.10 Å². The molecule has 2 N–H and O–H groups in total. The van der Waals surface area contributed by atoms with Crippen LogP contribution in [0.5, 0.6) is 0 Å². The van der Waals surface area contributed by atoms with Gasteiger partial charge in [0.25, 0.3) is 0 Å². The van der Waals surface area contributed by atoms with Crippen molar-refractivity contribution < 1.29 is 5.11 Å². The van der Waals surface area contributed by atoms with E-state index < -0.39 is 0 Å². The predicted octanol–water partition coefficient (Wildman–Crippen LogP) is 2.42. The fraction of sp³-hybridized carbons (Fsp3) is 0.571. The number of nitrogens with one attached hydrogen (secondary N) is 1. The Hall–Kier alpha value is -0.860. The van der Waals surface area contributed by atoms with E-state index in [0.29, 0.717) is 6.54 Å². The quantitative estimate of drug-likeness (QED) is 0.770. The zero-order valence-electron chi connectivity index (χ0n) is 9.95. The maximum absolute atomic E-state index is 9.46. The molecule has 1 unspecified atom stereocenters. The van der Waals surface area contributed by atoms with Crippen LogP contribution in [0, 0.1) is 0 Å². The van der Waals surface area contributed by atoms with E-state index in [1.165, 1.54) is 24.0 Å². The molecule has 1 aromatic carbocycles. The number of aliphatic hydroxyl groups is 1. The summed E-state index contributed by atoms with van der Waals surface area (Å²) < 4.78 is 0. The van der Waals surface area contributed by atoms with Crippen molar-refractivity contribution in [3.63, 3.8) is 0 Å². The second kappa shape index (κ2) is 5.46. The van der Waals surface area contributed by atoms with Crippen molar-refractivity contribution >= 4 is 0 Å². The van der Waals surface area contributed by atoms with Gasteiger partial charge in [-0.25, -0.2) is 0 Å². The Morgan fingerprint density at radius 1 is 1.38 bits per heavy atom. The average molecular weight is 219 g/mol. The minimum Gasteiger partial charge on any atom is -0.392 e. The summed E-state index contributed by atoms with van der Waals surface area (Å²) in [6.45, 7) is 3.57. The second-order valence-corrected chi connectivity index (χ2v) is 4.67. The van der Waals surface area contributed by atoms with Crippen LogP contribution < -0.4 is 5.32 Å². The van der Waals surface area contributed by atoms with Gasteiger partial charge in [0.15, 0.2) is 0 Å². The number of hydrogen-bond donors (Lipinski definition) is 2. The molecule has 0 aliphatic heterocycles. The minimum absolute atomic E-state index is 0.215. The monoisotopic (exact) mass is 219 g/mol. The van der Waals surface area contributed by atoms with Gasteiger partial charge in [-0.1, -0.05) is 31.2 Å². The molecular formula is C14H21NO. The van der Waals surface area contributed by atoms with Gasteiger partial charge in [0.2, 0.25) is 0 Å². The lowest BCUT2D eigenvalue weighted by molar-refractivity contribution is 0.167. The van der Waals surface area contributed by atoms with Gasteiger partial charge in [0.1, 0.15) is 0 Å². The molecule has 1 saturated carbocycles. The number of rotatable bonds is 6. The Balaban J connectivity index is 1.88. The summed E-state index contributed by atoms with van der Waals surface area (Å²) in [5, 5.41) is 12.8. The first-order valence-electron chi connectivity index (χ1n) is 6.27. The molecule has 1 atom stereocenters. The number of benzene rings is 1. The predicted molar refractivity (Wildman–Crippen MR) is 66.4 cm³/mol. The van der Waals surface area contributed by atoms with Gasteiger partial charge in [-0.05, 0) is 36.3 Å². The zero-order chi connectivity index (χ0) is 11.4. The first-order valence-corrected chi connectivity index (χ1v) is 6.27. The molecule has 0 heterocycles. The van der Waals surface area contributed by atoms with E-state index >= 15 is 0 Å². The van der Waals surface area contributed by atoms with Crippen molar-refractivity contribution in [2.45, 2.75) is 44.8 Å². The van der Waals surface area contributed by atoms with Crippen LogP contribution in [0.3, 0.4) is 0 Å². The maximum Gasteiger partial charge on any atom is 0.0662 e. The Bertz CT molecular complexity index is 333. The summed E-state index contributed by atoms with van der Waals surface area (Å²) >= 11 is 0. The Labute approximate surface area is 97.7 Å². The van der Waals surface area contributed by atoms with E-state index in [0.717, 1.165) is 18.9 Å². The highest BCUT2D eigenvalue weighted by molar-refractivity contribution is 5.33. The van der Waals surface area contributed by atoms with Crippen LogP contribution in [-0.2, 0) is 6.54 Å². The summed E-state index contributed by atoms with van der Waals surface area (Å²) in [4.78, 5) is 0. The van der Waals surface area contributed by atoms with Crippen LogP contribution in [0.15, 0.2) is 24.3 Å². The van der Waals surface area contributed by atoms with E-state index in [2.05, 4.69) is 29.6 Å². The van der Waals surface area contributed by atoms with Gasteiger partial charge in [-0.2, -0.15) is 0 Å². The van der Waals surface area contributed by atoms with Crippen LogP contribution in [0.2, 0.25) is 0 Å². The molecule has 0 bridgehead atoms. The van der Waals surface area contributed by atoms with E-state index in [9.17, 15) is 5.11 Å². The summed E-state index contributed by atoms with van der Waals surface area (Å²) in [7, 11) is 0. The van der Waals surface area contributed by atoms with Gasteiger partial charge in [0.05, 0.1) is 6.10 Å². The van der Waals surface area contributed by atoms with Crippen LogP contribution in [0.25, 0.3) is 0 Å². The second-order valence-electron chi connectivity index (χ2n) is 4.67. The van der Waals surface area contributed by atoms with Gasteiger partial charge in [-0.15, -0.1) is 0 Å². The molecule has 0 saturated heterocycles. The van der Waals surface area contributed by atoms with E-state index in [1.54, 1.807) is 0 Å². The van der Waals surface area contributed by atoms with Crippen LogP contribution in [0.1, 0.15) is 43.2 Å². The van der Waals surface area contributed by atoms with Crippen molar-refractivity contribution in [2.24, 2.45) is 0 Å². The third-order valence-corrected chi connectivity index (χ3v) is 3.24. The summed E-state index contributed by atoms with van der Waals surface area (Å²) in [6.07, 6.45) is 3.29. The molecule has 16 heavy (non-hydrogen) atoms. The van der Waals surface area contributed by atoms with Gasteiger partial charge >= 0.3 is 0 Å². The van der Waals surface area contributed by atoms with Crippen LogP contribution >= 0.6 is 0 Å². The Kier molecular flexibility index (Phi) is 3.97. The van der Waals surface area contributed by atoms with Crippen molar-refractivity contribution in [1.82, 2.24) is 5.32 Å². The molecule has 2 heteroatoms. The molecule has 2 nitrogen and oxygen atoms in total. The van der Waals surface area contributed by atoms with Crippen molar-refractivity contribution in [2.75, 3.05) is 6.54 Å². The SMILES string of the molecule is CCC(O)CNCc1ccccc1C1CC1. The highest BCUT2D eigenvalue weighted by Crippen LogP contribution is 2.41. The smallest absolute Gasteiger partial charge is 0.0662 e. The molecule has 1 fully saturated rings. The van der Waals surface area contributed by atoms with Crippen molar-refractivity contribution in [1.29, 1.82) is 0 Å². The first kappa shape index (κ1) is 11.6. The summed E-state index contributed by atoms with van der Waals surface area (Å²) in [5.74, 6) is 0.800. The minimum atomic E-state index is -0.215. The molecule has 0 radical (unpaired) electrons. The highest BCUT2D eigenvalue weighted by Gasteiger charge is 2.25. The third-order valence-electron chi connectivity index (χ3n) is 3.24. The summed E-state index contributed by atoms with van der Waals surface area (Å²) in [5.41, 5.74) is 2.90. The molecule has 0 aromatic heterocycles. The highest BCUT2D eigenvalue weighted by atomic mass is 16.3. The first-order chi connectivity index (χ1) is 7.81. The van der Waals surface area contributed by atoms with Crippen LogP contribution in [-0.4, -0.2) is 17.8 Å². The van der Waals surface area contributed by atoms with Gasteiger partial charge in [-0.3, -0.25) is 0 Å². The molecule has 1 aromatic rings. The maximum atomic E-state index is 9.46. The van der Waals surface area contributed by atoms with Crippen molar-refractivity contribution in [3.05, 3.63) is 35.4 Å². The van der Waals surface area contributed by atoms with E-state index in [4.69, 9.17) is 0 Å². The fourth-order valence-electron chi connectivity index (χ4n) is 2.01. The summed E-state index contributed by atoms with van der Waals surface area (Å²) in [6, 6.07) is 8.65. The topological polar surface area (TPSA) is 32.3 Å². The average Bonchev–Trinajstić information content (AvgIpc) is 3.13. The lowest BCUT2D eigenvalue weighted by Gasteiger charge is -2.12. The lowest BCUT2D eigenvalue weighted by atomic mass is 10.0. The van der Waals surface area contributed by atoms with Gasteiger partial charge < -0.3 is 10.4 Å². The number of aliphatic hydroxyl groups excluding tert-OH is 1. The molecule has 0 spiro atoms. The normalized spacial score (nSPS) is 17.4. The fourth-order valence-corrected chi connectivity index (χ4v) is 2.01. The molecule has 1 aliphatic rings. The molecule has 88 valence electrons. The molecule has 0 amide bonds. The van der Waals surface area contributed by atoms with Crippen molar-refractivity contribution in [3.8, 4) is 0 Å². The Morgan fingerprint density at radius 2 is 2.12 bits per heavy atom. The molecule has 1 aliphatic carbocycles. The third kappa shape index (κ3) is 3.06. The lowest BCUT2D eigenvalue weighted by Crippen LogP contribution is -2.26. The molecule has 2 rings (SSSR count). The molecular weight excluding hydrogens is 198 g/mol. The van der Waals surface area contributed by atoms with Gasteiger partial charge in [0, 0.05) is 13.1 Å². The number of hydrogen-bond acceptors (Lipinski definition) is 2. The van der Waals surface area contributed by atoms with Crippen LogP contribution in [0.4, 0.5) is 0 Å². The Morgan fingerprint density at radius 3 is 2.81 bits per heavy atom.